The lowest BCUT2D eigenvalue weighted by atomic mass is 10.0. The summed E-state index contributed by atoms with van der Waals surface area (Å²) in [5.74, 6) is -1.04. The van der Waals surface area contributed by atoms with Gasteiger partial charge in [-0.1, -0.05) is 24.3 Å². The van der Waals surface area contributed by atoms with Gasteiger partial charge in [0, 0.05) is 0 Å². The number of thiophene rings is 1. The minimum atomic E-state index is -0.793. The predicted molar refractivity (Wildman–Crippen MR) is 120 cm³/mol. The number of hydrogen-bond donors (Lipinski definition) is 2. The van der Waals surface area contributed by atoms with Crippen LogP contribution in [0.15, 0.2) is 59.1 Å². The first kappa shape index (κ1) is 22.2. The van der Waals surface area contributed by atoms with E-state index in [1.54, 1.807) is 18.5 Å². The molecule has 0 bridgehead atoms. The van der Waals surface area contributed by atoms with Gasteiger partial charge in [-0.3, -0.25) is 0 Å². The van der Waals surface area contributed by atoms with Gasteiger partial charge >= 0.3 is 18.0 Å². The van der Waals surface area contributed by atoms with Crippen molar-refractivity contribution in [3.63, 3.8) is 0 Å². The number of rotatable bonds is 7. The number of esters is 2. The molecule has 11 heteroatoms. The SMILES string of the molecule is CCOC(=O)C1=C(COC(=O)c2nc(-c3cccs3)n(-c3ccccc3)n2)NC(=O)NC1C. The number of nitrogens with zero attached hydrogens (tertiary/aromatic N) is 3. The molecule has 0 spiro atoms. The van der Waals surface area contributed by atoms with Crippen LogP contribution in [0.25, 0.3) is 16.4 Å². The van der Waals surface area contributed by atoms with Gasteiger partial charge in [0.25, 0.3) is 5.82 Å². The number of amides is 2. The normalized spacial score (nSPS) is 15.6. The molecular weight excluding hydrogens is 446 g/mol. The van der Waals surface area contributed by atoms with Crippen LogP contribution in [0.4, 0.5) is 4.79 Å². The van der Waals surface area contributed by atoms with Gasteiger partial charge in [0.2, 0.25) is 0 Å². The highest BCUT2D eigenvalue weighted by molar-refractivity contribution is 7.13. The summed E-state index contributed by atoms with van der Waals surface area (Å²) in [5, 5.41) is 11.3. The summed E-state index contributed by atoms with van der Waals surface area (Å²) < 4.78 is 12.0. The summed E-state index contributed by atoms with van der Waals surface area (Å²) in [5.41, 5.74) is 1.07. The molecule has 4 rings (SSSR count). The summed E-state index contributed by atoms with van der Waals surface area (Å²) in [7, 11) is 0. The van der Waals surface area contributed by atoms with Crippen LogP contribution in [0.5, 0.6) is 0 Å². The predicted octanol–water partition coefficient (Wildman–Crippen LogP) is 2.67. The maximum Gasteiger partial charge on any atom is 0.378 e. The summed E-state index contributed by atoms with van der Waals surface area (Å²) >= 11 is 1.47. The first-order valence-electron chi connectivity index (χ1n) is 10.2. The summed E-state index contributed by atoms with van der Waals surface area (Å²) in [6.07, 6.45) is 0. The highest BCUT2D eigenvalue weighted by Crippen LogP contribution is 2.25. The highest BCUT2D eigenvalue weighted by atomic mass is 32.1. The Labute approximate surface area is 193 Å². The van der Waals surface area contributed by atoms with Gasteiger partial charge in [0.15, 0.2) is 5.82 Å². The van der Waals surface area contributed by atoms with Gasteiger partial charge in [-0.05, 0) is 37.4 Å². The zero-order valence-corrected chi connectivity index (χ0v) is 18.7. The molecule has 0 radical (unpaired) electrons. The molecule has 2 N–H and O–H groups in total. The van der Waals surface area contributed by atoms with E-state index in [2.05, 4.69) is 20.7 Å². The molecule has 1 atom stereocenters. The number of aromatic nitrogens is 3. The second-order valence-corrected chi connectivity index (χ2v) is 7.94. The molecule has 3 heterocycles. The number of nitrogens with one attached hydrogen (secondary N) is 2. The van der Waals surface area contributed by atoms with Gasteiger partial charge in [-0.15, -0.1) is 16.4 Å². The van der Waals surface area contributed by atoms with Gasteiger partial charge in [-0.2, -0.15) is 4.98 Å². The van der Waals surface area contributed by atoms with Crippen LogP contribution >= 0.6 is 11.3 Å². The smallest absolute Gasteiger partial charge is 0.378 e. The average Bonchev–Trinajstić information content (AvgIpc) is 3.48. The average molecular weight is 468 g/mol. The molecule has 10 nitrogen and oxygen atoms in total. The van der Waals surface area contributed by atoms with Gasteiger partial charge in [0.1, 0.15) is 6.61 Å². The summed E-state index contributed by atoms with van der Waals surface area (Å²) in [6.45, 7) is 3.14. The van der Waals surface area contributed by atoms with Crippen molar-refractivity contribution in [3.05, 3.63) is 64.9 Å². The Kier molecular flexibility index (Phi) is 6.50. The van der Waals surface area contributed by atoms with Crippen LogP contribution in [-0.2, 0) is 14.3 Å². The molecule has 0 saturated heterocycles. The number of ether oxygens (including phenoxy) is 2. The molecule has 1 unspecified atom stereocenters. The van der Waals surface area contributed by atoms with Gasteiger partial charge in [-0.25, -0.2) is 19.1 Å². The van der Waals surface area contributed by atoms with E-state index in [0.29, 0.717) is 5.82 Å². The third-order valence-electron chi connectivity index (χ3n) is 4.75. The fourth-order valence-electron chi connectivity index (χ4n) is 3.31. The lowest BCUT2D eigenvalue weighted by Gasteiger charge is -2.26. The number of carbonyl (C=O) groups excluding carboxylic acids is 3. The van der Waals surface area contributed by atoms with Crippen LogP contribution in [0.2, 0.25) is 0 Å². The molecule has 1 aliphatic rings. The van der Waals surface area contributed by atoms with Crippen molar-refractivity contribution in [2.45, 2.75) is 19.9 Å². The van der Waals surface area contributed by atoms with E-state index in [1.165, 1.54) is 11.3 Å². The molecule has 3 aromatic rings. The summed E-state index contributed by atoms with van der Waals surface area (Å²) in [6, 6.07) is 11.9. The highest BCUT2D eigenvalue weighted by Gasteiger charge is 2.31. The number of benzene rings is 1. The minimum absolute atomic E-state index is 0.145. The van der Waals surface area contributed by atoms with Crippen molar-refractivity contribution in [2.24, 2.45) is 0 Å². The molecule has 1 aliphatic heterocycles. The Morgan fingerprint density at radius 1 is 1.12 bits per heavy atom. The first-order valence-corrected chi connectivity index (χ1v) is 11.1. The van der Waals surface area contributed by atoms with Crippen molar-refractivity contribution in [2.75, 3.05) is 13.2 Å². The molecule has 33 heavy (non-hydrogen) atoms. The fourth-order valence-corrected chi connectivity index (χ4v) is 4.01. The molecule has 0 fully saturated rings. The Bertz CT molecular complexity index is 1200. The molecule has 0 aliphatic carbocycles. The second-order valence-electron chi connectivity index (χ2n) is 6.99. The lowest BCUT2D eigenvalue weighted by molar-refractivity contribution is -0.139. The van der Waals surface area contributed by atoms with E-state index in [4.69, 9.17) is 9.47 Å². The molecule has 0 saturated carbocycles. The maximum absolute atomic E-state index is 12.8. The molecule has 2 amide bonds. The van der Waals surface area contributed by atoms with Gasteiger partial charge < -0.3 is 20.1 Å². The van der Waals surface area contributed by atoms with E-state index in [9.17, 15) is 14.4 Å². The Morgan fingerprint density at radius 3 is 2.61 bits per heavy atom. The molecule has 2 aromatic heterocycles. The second kappa shape index (κ2) is 9.65. The van der Waals surface area contributed by atoms with Crippen molar-refractivity contribution in [1.82, 2.24) is 25.4 Å². The van der Waals surface area contributed by atoms with Crippen molar-refractivity contribution >= 4 is 29.3 Å². The molecule has 1 aromatic carbocycles. The molecule has 170 valence electrons. The third-order valence-corrected chi connectivity index (χ3v) is 5.61. The quantitative estimate of drug-likeness (QED) is 0.512. The van der Waals surface area contributed by atoms with Crippen LogP contribution in [0.3, 0.4) is 0 Å². The number of para-hydroxylation sites is 1. The molecular formula is C22H21N5O5S. The van der Waals surface area contributed by atoms with Crippen molar-refractivity contribution in [1.29, 1.82) is 0 Å². The Balaban J connectivity index is 1.60. The third kappa shape index (κ3) is 4.77. The van der Waals surface area contributed by atoms with E-state index < -0.39 is 24.0 Å². The topological polar surface area (TPSA) is 124 Å². The first-order chi connectivity index (χ1) is 16.0. The van der Waals surface area contributed by atoms with E-state index in [0.717, 1.165) is 10.6 Å². The van der Waals surface area contributed by atoms with E-state index in [1.807, 2.05) is 47.8 Å². The Morgan fingerprint density at radius 2 is 1.91 bits per heavy atom. The van der Waals surface area contributed by atoms with E-state index in [-0.39, 0.29) is 30.3 Å². The zero-order valence-electron chi connectivity index (χ0n) is 17.9. The summed E-state index contributed by atoms with van der Waals surface area (Å²) in [4.78, 5) is 42.2. The Hall–Kier alpha value is -3.99. The van der Waals surface area contributed by atoms with Crippen molar-refractivity contribution in [3.8, 4) is 16.4 Å². The van der Waals surface area contributed by atoms with Crippen molar-refractivity contribution < 1.29 is 23.9 Å². The standard InChI is InChI=1S/C22H21N5O5S/c1-3-31-20(28)17-13(2)23-22(30)24-15(17)12-32-21(29)18-25-19(16-10-7-11-33-16)27(26-18)14-8-5-4-6-9-14/h4-11,13H,3,12H2,1-2H3,(H2,23,24,30). The number of urea groups is 1. The van der Waals surface area contributed by atoms with Gasteiger partial charge in [0.05, 0.1) is 34.5 Å². The lowest BCUT2D eigenvalue weighted by Crippen LogP contribution is -2.50. The van der Waals surface area contributed by atoms with Crippen LogP contribution < -0.4 is 10.6 Å². The van der Waals surface area contributed by atoms with Crippen LogP contribution in [0, 0.1) is 0 Å². The zero-order chi connectivity index (χ0) is 23.4. The fraction of sp³-hybridized carbons (Fsp3) is 0.227. The maximum atomic E-state index is 12.8. The number of hydrogen-bond acceptors (Lipinski definition) is 8. The van der Waals surface area contributed by atoms with Crippen LogP contribution in [0.1, 0.15) is 24.5 Å². The number of carbonyl (C=O) groups is 3. The monoisotopic (exact) mass is 467 g/mol. The van der Waals surface area contributed by atoms with E-state index >= 15 is 0 Å². The van der Waals surface area contributed by atoms with Crippen LogP contribution in [-0.4, -0.2) is 52.0 Å². The minimum Gasteiger partial charge on any atom is -0.463 e. The largest absolute Gasteiger partial charge is 0.463 e.